The van der Waals surface area contributed by atoms with Gasteiger partial charge in [0.15, 0.2) is 5.82 Å². The molecule has 4 nitrogen and oxygen atoms in total. The molecular weight excluding hydrogens is 221 g/mol. The fraction of sp³-hybridized carbons (Fsp3) is 0. The summed E-state index contributed by atoms with van der Waals surface area (Å²) in [6.07, 6.45) is 2.38. The maximum atomic E-state index is 13.3. The fourth-order valence-corrected chi connectivity index (χ4v) is 1.28. The average molecular weight is 226 g/mol. The van der Waals surface area contributed by atoms with E-state index < -0.39 is 11.4 Å². The number of pyridine rings is 1. The Balaban J connectivity index is 2.69. The minimum absolute atomic E-state index is 0.100. The predicted octanol–water partition coefficient (Wildman–Crippen LogP) is 1.62. The van der Waals surface area contributed by atoms with Crippen molar-refractivity contribution in [3.8, 4) is 11.3 Å². The number of aromatic amines is 1. The molecule has 0 aromatic carbocycles. The standard InChI is InChI=1S/C9H5ClFN3O/c10-9-13-4-6(11)7(14-9)5-2-1-3-12-8(5)15/h1-4H,(H,12,15). The third-order valence-electron chi connectivity index (χ3n) is 1.79. The summed E-state index contributed by atoms with van der Waals surface area (Å²) in [5.41, 5.74) is -0.401. The van der Waals surface area contributed by atoms with Gasteiger partial charge in [-0.2, -0.15) is 0 Å². The largest absolute Gasteiger partial charge is 0.329 e. The van der Waals surface area contributed by atoms with E-state index in [0.29, 0.717) is 0 Å². The van der Waals surface area contributed by atoms with Crippen molar-refractivity contribution in [3.63, 3.8) is 0 Å². The van der Waals surface area contributed by atoms with E-state index in [1.165, 1.54) is 12.3 Å². The van der Waals surface area contributed by atoms with E-state index >= 15 is 0 Å². The number of hydrogen-bond donors (Lipinski definition) is 1. The van der Waals surface area contributed by atoms with Gasteiger partial charge in [0.1, 0.15) is 5.69 Å². The molecule has 76 valence electrons. The lowest BCUT2D eigenvalue weighted by atomic mass is 10.2. The van der Waals surface area contributed by atoms with Gasteiger partial charge in [-0.3, -0.25) is 4.79 Å². The molecule has 2 aromatic rings. The zero-order chi connectivity index (χ0) is 10.8. The average Bonchev–Trinajstić information content (AvgIpc) is 2.23. The van der Waals surface area contributed by atoms with Gasteiger partial charge in [0.05, 0.1) is 11.8 Å². The molecule has 0 aliphatic carbocycles. The van der Waals surface area contributed by atoms with Crippen molar-refractivity contribution in [1.29, 1.82) is 0 Å². The van der Waals surface area contributed by atoms with Gasteiger partial charge in [-0.05, 0) is 23.7 Å². The number of hydrogen-bond acceptors (Lipinski definition) is 3. The Labute approximate surface area is 88.8 Å². The van der Waals surface area contributed by atoms with Gasteiger partial charge in [-0.25, -0.2) is 14.4 Å². The molecule has 15 heavy (non-hydrogen) atoms. The number of nitrogens with one attached hydrogen (secondary N) is 1. The van der Waals surface area contributed by atoms with Crippen LogP contribution in [-0.4, -0.2) is 15.0 Å². The Morgan fingerprint density at radius 2 is 2.27 bits per heavy atom. The van der Waals surface area contributed by atoms with Crippen LogP contribution < -0.4 is 5.56 Å². The first-order valence-corrected chi connectivity index (χ1v) is 4.42. The number of aromatic nitrogens is 3. The van der Waals surface area contributed by atoms with E-state index in [-0.39, 0.29) is 16.5 Å². The number of nitrogens with zero attached hydrogens (tertiary/aromatic N) is 2. The first-order chi connectivity index (χ1) is 7.18. The zero-order valence-electron chi connectivity index (χ0n) is 7.37. The van der Waals surface area contributed by atoms with E-state index in [4.69, 9.17) is 11.6 Å². The number of rotatable bonds is 1. The maximum Gasteiger partial charge on any atom is 0.257 e. The van der Waals surface area contributed by atoms with Crippen LogP contribution in [0.3, 0.4) is 0 Å². The van der Waals surface area contributed by atoms with Crippen molar-refractivity contribution in [2.45, 2.75) is 0 Å². The number of H-pyrrole nitrogens is 1. The lowest BCUT2D eigenvalue weighted by Gasteiger charge is -2.00. The van der Waals surface area contributed by atoms with Gasteiger partial charge in [0, 0.05) is 6.20 Å². The number of halogens is 2. The second-order valence-corrected chi connectivity index (χ2v) is 3.09. The summed E-state index contributed by atoms with van der Waals surface area (Å²) < 4.78 is 13.3. The van der Waals surface area contributed by atoms with Gasteiger partial charge < -0.3 is 4.98 Å². The Morgan fingerprint density at radius 1 is 1.47 bits per heavy atom. The van der Waals surface area contributed by atoms with Crippen LogP contribution >= 0.6 is 11.6 Å². The van der Waals surface area contributed by atoms with Crippen molar-refractivity contribution < 1.29 is 4.39 Å². The Morgan fingerprint density at radius 3 is 3.00 bits per heavy atom. The Kier molecular flexibility index (Phi) is 2.47. The van der Waals surface area contributed by atoms with Crippen molar-refractivity contribution in [2.24, 2.45) is 0 Å². The minimum Gasteiger partial charge on any atom is -0.329 e. The molecule has 0 aliphatic heterocycles. The Bertz CT molecular complexity index is 555. The summed E-state index contributed by atoms with van der Waals surface area (Å²) in [4.78, 5) is 20.9. The van der Waals surface area contributed by atoms with Crippen molar-refractivity contribution >= 4 is 11.6 Å². The van der Waals surface area contributed by atoms with E-state index in [1.807, 2.05) is 0 Å². The van der Waals surface area contributed by atoms with Crippen molar-refractivity contribution in [3.05, 3.63) is 46.0 Å². The predicted molar refractivity (Wildman–Crippen MR) is 53.1 cm³/mol. The molecule has 1 N–H and O–H groups in total. The minimum atomic E-state index is -0.684. The third-order valence-corrected chi connectivity index (χ3v) is 1.97. The summed E-state index contributed by atoms with van der Waals surface area (Å²) in [6, 6.07) is 3.03. The van der Waals surface area contributed by atoms with E-state index in [0.717, 1.165) is 6.20 Å². The first kappa shape index (κ1) is 9.79. The van der Waals surface area contributed by atoms with Gasteiger partial charge >= 0.3 is 0 Å². The molecule has 0 saturated carbocycles. The summed E-state index contributed by atoms with van der Waals surface area (Å²) in [6.45, 7) is 0. The highest BCUT2D eigenvalue weighted by atomic mass is 35.5. The molecule has 0 radical (unpaired) electrons. The van der Waals surface area contributed by atoms with Crippen molar-refractivity contribution in [1.82, 2.24) is 15.0 Å². The second-order valence-electron chi connectivity index (χ2n) is 2.75. The van der Waals surface area contributed by atoms with Crippen LogP contribution in [0.25, 0.3) is 11.3 Å². The molecule has 0 bridgehead atoms. The van der Waals surface area contributed by atoms with Crippen molar-refractivity contribution in [2.75, 3.05) is 0 Å². The van der Waals surface area contributed by atoms with E-state index in [2.05, 4.69) is 15.0 Å². The van der Waals surface area contributed by atoms with Gasteiger partial charge in [0.25, 0.3) is 5.56 Å². The molecule has 6 heteroatoms. The van der Waals surface area contributed by atoms with E-state index in [1.54, 1.807) is 6.07 Å². The fourth-order valence-electron chi connectivity index (χ4n) is 1.14. The summed E-state index contributed by atoms with van der Waals surface area (Å²) in [7, 11) is 0. The van der Waals surface area contributed by atoms with E-state index in [9.17, 15) is 9.18 Å². The molecule has 2 aromatic heterocycles. The normalized spacial score (nSPS) is 10.3. The molecule has 0 amide bonds. The lowest BCUT2D eigenvalue weighted by Crippen LogP contribution is -2.09. The maximum absolute atomic E-state index is 13.3. The lowest BCUT2D eigenvalue weighted by molar-refractivity contribution is 0.617. The molecule has 0 unspecified atom stereocenters. The molecule has 0 spiro atoms. The van der Waals surface area contributed by atoms with Crippen LogP contribution in [-0.2, 0) is 0 Å². The second kappa shape index (κ2) is 3.78. The summed E-state index contributed by atoms with van der Waals surface area (Å²) in [5.74, 6) is -0.684. The van der Waals surface area contributed by atoms with Crippen LogP contribution in [0.15, 0.2) is 29.3 Å². The van der Waals surface area contributed by atoms with Crippen LogP contribution in [0.2, 0.25) is 5.28 Å². The molecule has 0 saturated heterocycles. The molecule has 0 fully saturated rings. The topological polar surface area (TPSA) is 58.6 Å². The third kappa shape index (κ3) is 1.87. The smallest absolute Gasteiger partial charge is 0.257 e. The summed E-state index contributed by atoms with van der Waals surface area (Å²) in [5, 5.41) is -0.102. The SMILES string of the molecule is O=c1[nH]cccc1-c1nc(Cl)ncc1F. The molecule has 0 aliphatic rings. The highest BCUT2D eigenvalue weighted by Gasteiger charge is 2.11. The quantitative estimate of drug-likeness (QED) is 0.751. The van der Waals surface area contributed by atoms with Crippen LogP contribution in [0, 0.1) is 5.82 Å². The van der Waals surface area contributed by atoms with Crippen LogP contribution in [0.1, 0.15) is 0 Å². The molecule has 2 heterocycles. The monoisotopic (exact) mass is 225 g/mol. The summed E-state index contributed by atoms with van der Waals surface area (Å²) >= 11 is 5.52. The zero-order valence-corrected chi connectivity index (χ0v) is 8.12. The Hall–Kier alpha value is -1.75. The van der Waals surface area contributed by atoms with Gasteiger partial charge in [0.2, 0.25) is 5.28 Å². The highest BCUT2D eigenvalue weighted by molar-refractivity contribution is 6.28. The highest BCUT2D eigenvalue weighted by Crippen LogP contribution is 2.16. The van der Waals surface area contributed by atoms with Crippen LogP contribution in [0.5, 0.6) is 0 Å². The van der Waals surface area contributed by atoms with Gasteiger partial charge in [-0.1, -0.05) is 0 Å². The molecule has 2 rings (SSSR count). The van der Waals surface area contributed by atoms with Crippen LogP contribution in [0.4, 0.5) is 4.39 Å². The van der Waals surface area contributed by atoms with Gasteiger partial charge in [-0.15, -0.1) is 0 Å². The molecular formula is C9H5ClFN3O. The molecule has 0 atom stereocenters. The first-order valence-electron chi connectivity index (χ1n) is 4.04.